The van der Waals surface area contributed by atoms with Gasteiger partial charge >= 0.3 is 6.18 Å². The number of aromatic amines is 1. The number of rotatable bonds is 2. The van der Waals surface area contributed by atoms with E-state index >= 15 is 0 Å². The van der Waals surface area contributed by atoms with Crippen LogP contribution in [0, 0.1) is 6.92 Å². The van der Waals surface area contributed by atoms with Crippen LogP contribution in [0.3, 0.4) is 0 Å². The zero-order valence-electron chi connectivity index (χ0n) is 13.5. The minimum absolute atomic E-state index is 0.0930. The number of halogens is 3. The largest absolute Gasteiger partial charge is 0.435 e. The number of fused-ring (bicyclic) bond motifs is 1. The van der Waals surface area contributed by atoms with Crippen LogP contribution >= 0.6 is 0 Å². The molecule has 0 unspecified atom stereocenters. The number of aromatic nitrogens is 3. The molecule has 0 aliphatic carbocycles. The van der Waals surface area contributed by atoms with E-state index in [0.29, 0.717) is 12.2 Å². The highest BCUT2D eigenvalue weighted by atomic mass is 19.4. The lowest BCUT2D eigenvalue weighted by Crippen LogP contribution is -2.25. The molecule has 1 fully saturated rings. The molecule has 1 aliphatic heterocycles. The third-order valence-electron chi connectivity index (χ3n) is 4.51. The van der Waals surface area contributed by atoms with E-state index in [-0.39, 0.29) is 5.39 Å². The van der Waals surface area contributed by atoms with Gasteiger partial charge in [0.15, 0.2) is 5.69 Å². The Morgan fingerprint density at radius 2 is 1.92 bits per heavy atom. The lowest BCUT2D eigenvalue weighted by atomic mass is 10.2. The molecule has 0 atom stereocenters. The fraction of sp³-hybridized carbons (Fsp3) is 0.294. The topological polar surface area (TPSA) is 48.1 Å². The molecule has 1 aliphatic rings. The molecule has 1 N–H and O–H groups in total. The smallest absolute Gasteiger partial charge is 0.352 e. The molecule has 1 aromatic carbocycles. The number of alkyl halides is 3. The number of hydrogen-bond donors (Lipinski definition) is 1. The maximum atomic E-state index is 12.9. The third kappa shape index (κ3) is 2.77. The third-order valence-corrected chi connectivity index (χ3v) is 4.51. The van der Waals surface area contributed by atoms with Crippen LogP contribution in [-0.4, -0.2) is 34.9 Å². The first-order chi connectivity index (χ1) is 11.9. The van der Waals surface area contributed by atoms with Crippen LogP contribution in [0.1, 0.15) is 11.3 Å². The fourth-order valence-electron chi connectivity index (χ4n) is 3.20. The first kappa shape index (κ1) is 15.7. The van der Waals surface area contributed by atoms with Gasteiger partial charge in [-0.15, -0.1) is 0 Å². The van der Waals surface area contributed by atoms with E-state index in [1.807, 2.05) is 19.2 Å². The summed E-state index contributed by atoms with van der Waals surface area (Å²) in [5.74, 6) is 0. The number of aryl methyl sites for hydroxylation is 1. The van der Waals surface area contributed by atoms with E-state index in [9.17, 15) is 13.2 Å². The van der Waals surface area contributed by atoms with Crippen LogP contribution < -0.4 is 9.80 Å². The molecule has 1 saturated heterocycles. The van der Waals surface area contributed by atoms with Crippen molar-refractivity contribution in [2.24, 2.45) is 0 Å². The van der Waals surface area contributed by atoms with E-state index in [4.69, 9.17) is 0 Å². The zero-order chi connectivity index (χ0) is 17.6. The van der Waals surface area contributed by atoms with E-state index in [1.165, 1.54) is 6.07 Å². The predicted molar refractivity (Wildman–Crippen MR) is 89.6 cm³/mol. The first-order valence-electron chi connectivity index (χ1n) is 7.89. The van der Waals surface area contributed by atoms with Crippen LogP contribution in [0.2, 0.25) is 0 Å². The van der Waals surface area contributed by atoms with Gasteiger partial charge in [0.2, 0.25) is 0 Å². The Morgan fingerprint density at radius 3 is 2.68 bits per heavy atom. The van der Waals surface area contributed by atoms with Gasteiger partial charge in [0.1, 0.15) is 0 Å². The predicted octanol–water partition coefficient (Wildman–Crippen LogP) is 3.57. The van der Waals surface area contributed by atoms with Crippen LogP contribution in [-0.2, 0) is 6.18 Å². The molecule has 3 aromatic rings. The SMILES string of the molecule is Cc1ccncc1N1CCN(c2ccc3c(C(F)(F)F)n[nH]c3c2)C1. The Bertz CT molecular complexity index is 918. The number of nitrogens with zero attached hydrogens (tertiary/aromatic N) is 4. The van der Waals surface area contributed by atoms with Gasteiger partial charge < -0.3 is 9.80 Å². The van der Waals surface area contributed by atoms with E-state index < -0.39 is 11.9 Å². The number of H-pyrrole nitrogens is 1. The van der Waals surface area contributed by atoms with E-state index in [1.54, 1.807) is 18.3 Å². The summed E-state index contributed by atoms with van der Waals surface area (Å²) in [5, 5.41) is 6.00. The van der Waals surface area contributed by atoms with Crippen molar-refractivity contribution < 1.29 is 13.2 Å². The van der Waals surface area contributed by atoms with Crippen molar-refractivity contribution in [2.75, 3.05) is 29.6 Å². The maximum absolute atomic E-state index is 12.9. The number of anilines is 2. The Hall–Kier alpha value is -2.77. The lowest BCUT2D eigenvalue weighted by Gasteiger charge is -2.22. The highest BCUT2D eigenvalue weighted by Gasteiger charge is 2.36. The van der Waals surface area contributed by atoms with Crippen LogP contribution in [0.4, 0.5) is 24.5 Å². The maximum Gasteiger partial charge on any atom is 0.435 e. The number of benzene rings is 1. The first-order valence-corrected chi connectivity index (χ1v) is 7.89. The summed E-state index contributed by atoms with van der Waals surface area (Å²) in [4.78, 5) is 8.51. The van der Waals surface area contributed by atoms with Crippen molar-refractivity contribution in [3.63, 3.8) is 0 Å². The quantitative estimate of drug-likeness (QED) is 0.770. The van der Waals surface area contributed by atoms with Crippen molar-refractivity contribution in [3.05, 3.63) is 47.9 Å². The van der Waals surface area contributed by atoms with E-state index in [2.05, 4.69) is 25.0 Å². The van der Waals surface area contributed by atoms with Crippen molar-refractivity contribution in [1.29, 1.82) is 0 Å². The lowest BCUT2D eigenvalue weighted by molar-refractivity contribution is -0.139. The normalized spacial score (nSPS) is 15.4. The molecular formula is C17H16F3N5. The van der Waals surface area contributed by atoms with Crippen molar-refractivity contribution in [2.45, 2.75) is 13.1 Å². The zero-order valence-corrected chi connectivity index (χ0v) is 13.5. The Labute approximate surface area is 142 Å². The summed E-state index contributed by atoms with van der Waals surface area (Å²) in [7, 11) is 0. The Kier molecular flexibility index (Phi) is 3.55. The number of pyridine rings is 1. The molecule has 0 saturated carbocycles. The molecule has 5 nitrogen and oxygen atoms in total. The average molecular weight is 347 g/mol. The van der Waals surface area contributed by atoms with Gasteiger partial charge in [0.05, 0.1) is 24.1 Å². The molecule has 0 bridgehead atoms. The van der Waals surface area contributed by atoms with Gasteiger partial charge in [-0.05, 0) is 36.8 Å². The van der Waals surface area contributed by atoms with Gasteiger partial charge in [-0.3, -0.25) is 10.1 Å². The van der Waals surface area contributed by atoms with Crippen molar-refractivity contribution >= 4 is 22.3 Å². The highest BCUT2D eigenvalue weighted by Crippen LogP contribution is 2.34. The van der Waals surface area contributed by atoms with Crippen molar-refractivity contribution in [1.82, 2.24) is 15.2 Å². The monoisotopic (exact) mass is 347 g/mol. The van der Waals surface area contributed by atoms with Gasteiger partial charge in [-0.2, -0.15) is 18.3 Å². The average Bonchev–Trinajstić information content (AvgIpc) is 3.21. The van der Waals surface area contributed by atoms with Gasteiger partial charge in [-0.1, -0.05) is 0 Å². The molecule has 3 heterocycles. The molecule has 0 amide bonds. The van der Waals surface area contributed by atoms with Crippen LogP contribution in [0.5, 0.6) is 0 Å². The molecule has 0 radical (unpaired) electrons. The second-order valence-corrected chi connectivity index (χ2v) is 6.13. The highest BCUT2D eigenvalue weighted by molar-refractivity contribution is 5.85. The molecule has 0 spiro atoms. The summed E-state index contributed by atoms with van der Waals surface area (Å²) in [6, 6.07) is 6.88. The Morgan fingerprint density at radius 1 is 1.12 bits per heavy atom. The van der Waals surface area contributed by atoms with Gasteiger partial charge in [-0.25, -0.2) is 0 Å². The number of nitrogens with one attached hydrogen (secondary N) is 1. The summed E-state index contributed by atoms with van der Waals surface area (Å²) in [6.07, 6.45) is -0.856. The summed E-state index contributed by atoms with van der Waals surface area (Å²) >= 11 is 0. The summed E-state index contributed by atoms with van der Waals surface area (Å²) in [6.45, 7) is 4.33. The molecule has 2 aromatic heterocycles. The van der Waals surface area contributed by atoms with E-state index in [0.717, 1.165) is 30.0 Å². The van der Waals surface area contributed by atoms with Crippen molar-refractivity contribution in [3.8, 4) is 0 Å². The molecule has 130 valence electrons. The minimum atomic E-state index is -4.46. The second-order valence-electron chi connectivity index (χ2n) is 6.13. The van der Waals surface area contributed by atoms with Crippen LogP contribution in [0.25, 0.3) is 10.9 Å². The Balaban J connectivity index is 1.60. The minimum Gasteiger partial charge on any atom is -0.352 e. The summed E-state index contributed by atoms with van der Waals surface area (Å²) in [5.41, 5.74) is 2.61. The molecule has 8 heteroatoms. The van der Waals surface area contributed by atoms with Gasteiger partial charge in [0.25, 0.3) is 0 Å². The fourth-order valence-corrected chi connectivity index (χ4v) is 3.20. The second kappa shape index (κ2) is 5.65. The molecular weight excluding hydrogens is 331 g/mol. The summed E-state index contributed by atoms with van der Waals surface area (Å²) < 4.78 is 38.8. The standard InChI is InChI=1S/C17H16F3N5/c1-11-4-5-21-9-15(11)25-7-6-24(10-25)12-2-3-13-14(8-12)22-23-16(13)17(18,19)20/h2-5,8-9H,6-7,10H2,1H3,(H,22,23). The number of hydrogen-bond acceptors (Lipinski definition) is 4. The van der Waals surface area contributed by atoms with Gasteiger partial charge in [0, 0.05) is 30.4 Å². The molecule has 25 heavy (non-hydrogen) atoms. The molecule has 4 rings (SSSR count). The van der Waals surface area contributed by atoms with Crippen LogP contribution in [0.15, 0.2) is 36.7 Å².